The number of fused-ring (bicyclic) bond motifs is 1. The van der Waals surface area contributed by atoms with Crippen molar-refractivity contribution in [3.05, 3.63) is 81.3 Å². The normalized spacial score (nSPS) is 11.3. The van der Waals surface area contributed by atoms with Crippen molar-refractivity contribution in [2.75, 3.05) is 5.75 Å². The predicted molar refractivity (Wildman–Crippen MR) is 136 cm³/mol. The van der Waals surface area contributed by atoms with Crippen molar-refractivity contribution < 1.29 is 9.21 Å². The number of ketones is 1. The van der Waals surface area contributed by atoms with E-state index in [1.165, 1.54) is 11.1 Å². The zero-order valence-electron chi connectivity index (χ0n) is 18.2. The maximum Gasteiger partial charge on any atom is 0.277 e. The summed E-state index contributed by atoms with van der Waals surface area (Å²) in [5.74, 6) is 1.15. The van der Waals surface area contributed by atoms with E-state index in [-0.39, 0.29) is 11.5 Å². The fraction of sp³-hybridized carbons (Fsp3) is 0.120. The van der Waals surface area contributed by atoms with Gasteiger partial charge in [-0.15, -0.1) is 10.2 Å². The lowest BCUT2D eigenvalue weighted by molar-refractivity contribution is 0.102. The van der Waals surface area contributed by atoms with E-state index >= 15 is 0 Å². The zero-order chi connectivity index (χ0) is 23.8. The van der Waals surface area contributed by atoms with Crippen LogP contribution in [0.25, 0.3) is 33.9 Å². The quantitative estimate of drug-likeness (QED) is 0.193. The molecule has 6 nitrogen and oxygen atoms in total. The smallest absolute Gasteiger partial charge is 0.277 e. The van der Waals surface area contributed by atoms with E-state index < -0.39 is 0 Å². The molecule has 3 aromatic carbocycles. The summed E-state index contributed by atoms with van der Waals surface area (Å²) >= 11 is 13.2. The van der Waals surface area contributed by atoms with Gasteiger partial charge in [0.1, 0.15) is 5.82 Å². The minimum Gasteiger partial charge on any atom is -0.411 e. The van der Waals surface area contributed by atoms with Crippen LogP contribution >= 0.6 is 35.0 Å². The van der Waals surface area contributed by atoms with Crippen LogP contribution in [0.2, 0.25) is 10.0 Å². The molecule has 2 aromatic heterocycles. The Labute approximate surface area is 209 Å². The Balaban J connectivity index is 1.28. The van der Waals surface area contributed by atoms with Gasteiger partial charge >= 0.3 is 0 Å². The fourth-order valence-electron chi connectivity index (χ4n) is 3.48. The minimum absolute atomic E-state index is 0.118. The summed E-state index contributed by atoms with van der Waals surface area (Å²) in [4.78, 5) is 20.5. The van der Waals surface area contributed by atoms with Gasteiger partial charge in [-0.3, -0.25) is 4.79 Å². The van der Waals surface area contributed by atoms with Crippen molar-refractivity contribution in [3.63, 3.8) is 0 Å². The number of hydrogen-bond donors (Lipinski definition) is 1. The molecule has 0 radical (unpaired) electrons. The van der Waals surface area contributed by atoms with E-state index in [2.05, 4.69) is 41.2 Å². The van der Waals surface area contributed by atoms with E-state index in [1.54, 1.807) is 18.2 Å². The summed E-state index contributed by atoms with van der Waals surface area (Å²) in [6.07, 6.45) is 0. The number of thioether (sulfide) groups is 1. The number of nitrogens with zero attached hydrogens (tertiary/aromatic N) is 3. The number of aromatic nitrogens is 4. The molecule has 0 aliphatic heterocycles. The van der Waals surface area contributed by atoms with Crippen LogP contribution in [0.15, 0.2) is 64.2 Å². The van der Waals surface area contributed by atoms with Gasteiger partial charge in [0.15, 0.2) is 5.78 Å². The van der Waals surface area contributed by atoms with Gasteiger partial charge in [0.2, 0.25) is 5.89 Å². The van der Waals surface area contributed by atoms with Gasteiger partial charge in [-0.05, 0) is 67.4 Å². The maximum atomic E-state index is 12.5. The number of hydrogen-bond acceptors (Lipinski definition) is 6. The molecule has 2 heterocycles. The van der Waals surface area contributed by atoms with E-state index in [0.29, 0.717) is 26.7 Å². The van der Waals surface area contributed by atoms with Gasteiger partial charge in [-0.2, -0.15) is 0 Å². The molecule has 9 heteroatoms. The number of H-pyrrole nitrogens is 1. The number of nitrogens with one attached hydrogen (secondary N) is 1. The van der Waals surface area contributed by atoms with Crippen LogP contribution in [-0.4, -0.2) is 31.7 Å². The Bertz CT molecular complexity index is 1490. The highest BCUT2D eigenvalue weighted by Crippen LogP contribution is 2.28. The lowest BCUT2D eigenvalue weighted by Gasteiger charge is -2.02. The molecule has 0 amide bonds. The molecule has 5 rings (SSSR count). The number of carbonyl (C=O) groups is 1. The van der Waals surface area contributed by atoms with Crippen LogP contribution in [0, 0.1) is 13.8 Å². The molecular weight excluding hydrogens is 491 g/mol. The number of Topliss-reactive ketones (excluding diaryl/α,β-unsaturated/α-hetero) is 1. The van der Waals surface area contributed by atoms with Crippen LogP contribution in [0.4, 0.5) is 0 Å². The third-order valence-corrected chi connectivity index (χ3v) is 6.83. The van der Waals surface area contributed by atoms with Gasteiger partial charge < -0.3 is 9.40 Å². The SMILES string of the molecule is Cc1cc2nc(-c3ccc(-c4nnc(SCC(=O)c5ccc(Cl)cc5Cl)o4)cc3)[nH]c2cc1C. The Morgan fingerprint density at radius 2 is 1.71 bits per heavy atom. The molecule has 0 aliphatic rings. The first kappa shape index (κ1) is 22.7. The van der Waals surface area contributed by atoms with Crippen LogP contribution in [0.5, 0.6) is 0 Å². The molecular formula is C25H18Cl2N4O2S. The molecule has 0 fully saturated rings. The molecule has 0 bridgehead atoms. The summed E-state index contributed by atoms with van der Waals surface area (Å²) in [6, 6.07) is 16.7. The number of imidazole rings is 1. The highest BCUT2D eigenvalue weighted by Gasteiger charge is 2.15. The van der Waals surface area contributed by atoms with Crippen molar-refractivity contribution in [1.29, 1.82) is 0 Å². The second-order valence-electron chi connectivity index (χ2n) is 7.83. The van der Waals surface area contributed by atoms with E-state index in [0.717, 1.165) is 39.7 Å². The van der Waals surface area contributed by atoms with Gasteiger partial charge in [0, 0.05) is 21.7 Å². The number of aromatic amines is 1. The Morgan fingerprint density at radius 1 is 0.971 bits per heavy atom. The second kappa shape index (κ2) is 9.25. The predicted octanol–water partition coefficient (Wildman–Crippen LogP) is 7.18. The summed E-state index contributed by atoms with van der Waals surface area (Å²) in [7, 11) is 0. The van der Waals surface area contributed by atoms with Gasteiger partial charge in [0.05, 0.1) is 21.8 Å². The largest absolute Gasteiger partial charge is 0.411 e. The monoisotopic (exact) mass is 508 g/mol. The van der Waals surface area contributed by atoms with E-state index in [1.807, 2.05) is 24.3 Å². The topological polar surface area (TPSA) is 84.7 Å². The lowest BCUT2D eigenvalue weighted by atomic mass is 10.1. The van der Waals surface area contributed by atoms with Gasteiger partial charge in [-0.1, -0.05) is 47.1 Å². The Morgan fingerprint density at radius 3 is 2.47 bits per heavy atom. The molecule has 1 N–H and O–H groups in total. The zero-order valence-corrected chi connectivity index (χ0v) is 20.6. The van der Waals surface area contributed by atoms with Crippen LogP contribution in [0.1, 0.15) is 21.5 Å². The fourth-order valence-corrected chi connectivity index (χ4v) is 4.64. The average Bonchev–Trinajstić information content (AvgIpc) is 3.45. The molecule has 0 aliphatic carbocycles. The minimum atomic E-state index is -0.146. The van der Waals surface area contributed by atoms with Crippen LogP contribution in [-0.2, 0) is 0 Å². The van der Waals surface area contributed by atoms with Crippen molar-refractivity contribution in [3.8, 4) is 22.8 Å². The molecule has 0 saturated heterocycles. The third-order valence-electron chi connectivity index (χ3n) is 5.47. The van der Waals surface area contributed by atoms with Crippen molar-refractivity contribution >= 4 is 51.8 Å². The molecule has 170 valence electrons. The summed E-state index contributed by atoms with van der Waals surface area (Å²) in [6.45, 7) is 4.17. The number of rotatable bonds is 6. The summed E-state index contributed by atoms with van der Waals surface area (Å²) < 4.78 is 5.74. The Kier molecular flexibility index (Phi) is 6.16. The molecule has 0 saturated carbocycles. The number of halogens is 2. The summed E-state index contributed by atoms with van der Waals surface area (Å²) in [5, 5.41) is 9.25. The maximum absolute atomic E-state index is 12.5. The molecule has 0 unspecified atom stereocenters. The second-order valence-corrected chi connectivity index (χ2v) is 9.60. The highest BCUT2D eigenvalue weighted by atomic mass is 35.5. The highest BCUT2D eigenvalue weighted by molar-refractivity contribution is 7.99. The first-order chi connectivity index (χ1) is 16.4. The van der Waals surface area contributed by atoms with E-state index in [9.17, 15) is 4.79 Å². The molecule has 5 aromatic rings. The average molecular weight is 509 g/mol. The van der Waals surface area contributed by atoms with E-state index in [4.69, 9.17) is 32.6 Å². The van der Waals surface area contributed by atoms with Crippen molar-refractivity contribution in [2.45, 2.75) is 19.1 Å². The number of benzene rings is 3. The standard InChI is InChI=1S/C25H18Cl2N4O2S/c1-13-9-20-21(10-14(13)2)29-23(28-20)15-3-5-16(6-4-15)24-30-31-25(33-24)34-12-22(32)18-8-7-17(26)11-19(18)27/h3-11H,12H2,1-2H3,(H,28,29). The lowest BCUT2D eigenvalue weighted by Crippen LogP contribution is -2.03. The molecule has 34 heavy (non-hydrogen) atoms. The van der Waals surface area contributed by atoms with Crippen LogP contribution in [0.3, 0.4) is 0 Å². The van der Waals surface area contributed by atoms with Gasteiger partial charge in [0.25, 0.3) is 5.22 Å². The van der Waals surface area contributed by atoms with Crippen molar-refractivity contribution in [2.24, 2.45) is 0 Å². The van der Waals surface area contributed by atoms with Crippen LogP contribution < -0.4 is 0 Å². The first-order valence-corrected chi connectivity index (χ1v) is 12.1. The number of carbonyl (C=O) groups excluding carboxylic acids is 1. The molecule has 0 atom stereocenters. The number of aryl methyl sites for hydroxylation is 2. The Hall–Kier alpha value is -3.13. The molecule has 0 spiro atoms. The first-order valence-electron chi connectivity index (χ1n) is 10.4. The third kappa shape index (κ3) is 4.59. The van der Waals surface area contributed by atoms with Crippen molar-refractivity contribution in [1.82, 2.24) is 20.2 Å². The van der Waals surface area contributed by atoms with Gasteiger partial charge in [-0.25, -0.2) is 4.98 Å². The summed E-state index contributed by atoms with van der Waals surface area (Å²) in [5.41, 5.74) is 6.52.